The molecule has 0 unspecified atom stereocenters. The van der Waals surface area contributed by atoms with E-state index in [1.165, 1.54) is 4.90 Å². The molecule has 22 heavy (non-hydrogen) atoms. The molecule has 3 N–H and O–H groups in total. The summed E-state index contributed by atoms with van der Waals surface area (Å²) in [7, 11) is 4.09. The second-order valence-corrected chi connectivity index (χ2v) is 5.15. The summed E-state index contributed by atoms with van der Waals surface area (Å²) in [6, 6.07) is 5.67. The smallest absolute Gasteiger partial charge is 0.179 e. The van der Waals surface area contributed by atoms with Crippen molar-refractivity contribution in [1.82, 2.24) is 14.5 Å². The van der Waals surface area contributed by atoms with Crippen molar-refractivity contribution in [3.05, 3.63) is 17.0 Å². The van der Waals surface area contributed by atoms with Crippen LogP contribution in [0.4, 0.5) is 5.82 Å². The van der Waals surface area contributed by atoms with Gasteiger partial charge in [0.2, 0.25) is 0 Å². The molecule has 8 nitrogen and oxygen atoms in total. The zero-order valence-corrected chi connectivity index (χ0v) is 12.4. The van der Waals surface area contributed by atoms with Gasteiger partial charge in [-0.15, -0.1) is 0 Å². The van der Waals surface area contributed by atoms with E-state index < -0.39 is 0 Å². The Kier molecular flexibility index (Phi) is 4.22. The number of nitrogens with zero attached hydrogens (tertiary/aromatic N) is 6. The van der Waals surface area contributed by atoms with Crippen molar-refractivity contribution >= 4 is 17.0 Å². The topological polar surface area (TPSA) is 133 Å². The summed E-state index contributed by atoms with van der Waals surface area (Å²) in [5.41, 5.74) is 6.70. The van der Waals surface area contributed by atoms with Gasteiger partial charge in [0.25, 0.3) is 0 Å². The van der Waals surface area contributed by atoms with Crippen molar-refractivity contribution in [3.63, 3.8) is 0 Å². The highest BCUT2D eigenvalue weighted by molar-refractivity contribution is 5.86. The van der Waals surface area contributed by atoms with Crippen molar-refractivity contribution in [3.8, 4) is 18.2 Å². The Bertz CT molecular complexity index is 841. The molecule has 0 saturated carbocycles. The van der Waals surface area contributed by atoms with E-state index in [1.54, 1.807) is 4.57 Å². The molecule has 2 aromatic rings. The monoisotopic (exact) mass is 295 g/mol. The van der Waals surface area contributed by atoms with Crippen LogP contribution in [-0.2, 0) is 6.54 Å². The average molecular weight is 295 g/mol. The molecule has 2 aromatic heterocycles. The lowest BCUT2D eigenvalue weighted by Gasteiger charge is -2.09. The summed E-state index contributed by atoms with van der Waals surface area (Å²) in [4.78, 5) is 9.55. The lowest BCUT2D eigenvalue weighted by Crippen LogP contribution is -3.05. The van der Waals surface area contributed by atoms with Gasteiger partial charge in [-0.25, -0.2) is 9.97 Å². The van der Waals surface area contributed by atoms with Crippen molar-refractivity contribution in [2.45, 2.75) is 13.0 Å². The quantitative estimate of drug-likeness (QED) is 0.756. The van der Waals surface area contributed by atoms with Gasteiger partial charge in [0, 0.05) is 13.0 Å². The summed E-state index contributed by atoms with van der Waals surface area (Å²) in [6.45, 7) is 1.50. The average Bonchev–Trinajstić information content (AvgIpc) is 2.76. The number of quaternary nitrogens is 1. The minimum Gasteiger partial charge on any atom is -0.384 e. The van der Waals surface area contributed by atoms with Gasteiger partial charge in [-0.05, 0) is 0 Å². The second-order valence-electron chi connectivity index (χ2n) is 5.15. The number of hydrogen-bond acceptors (Lipinski definition) is 6. The highest BCUT2D eigenvalue weighted by Gasteiger charge is 2.20. The zero-order valence-electron chi connectivity index (χ0n) is 12.4. The largest absolute Gasteiger partial charge is 0.384 e. The van der Waals surface area contributed by atoms with E-state index in [0.29, 0.717) is 12.2 Å². The Labute approximate surface area is 127 Å². The number of aryl methyl sites for hydroxylation is 1. The van der Waals surface area contributed by atoms with Gasteiger partial charge in [0.05, 0.1) is 20.6 Å². The Hall–Kier alpha value is -3.15. The molecule has 0 spiro atoms. The van der Waals surface area contributed by atoms with Gasteiger partial charge in [0.15, 0.2) is 17.0 Å². The Morgan fingerprint density at radius 1 is 1.09 bits per heavy atom. The van der Waals surface area contributed by atoms with E-state index in [0.717, 1.165) is 13.0 Å². The molecular formula is C14H15N8+. The SMILES string of the molecule is C[NH+](C)CCCn1c(N)c(C#N)c2nc(C#N)c(C#N)nc21. The first-order chi connectivity index (χ1) is 10.5. The fourth-order valence-electron chi connectivity index (χ4n) is 2.24. The molecule has 0 fully saturated rings. The van der Waals surface area contributed by atoms with Crippen LogP contribution in [0.15, 0.2) is 0 Å². The molecule has 8 heteroatoms. The van der Waals surface area contributed by atoms with Crippen molar-refractivity contribution in [2.24, 2.45) is 0 Å². The molecule has 0 aliphatic rings. The summed E-state index contributed by atoms with van der Waals surface area (Å²) in [5, 5.41) is 27.4. The molecule has 0 atom stereocenters. The number of rotatable bonds is 4. The summed E-state index contributed by atoms with van der Waals surface area (Å²) >= 11 is 0. The fraction of sp³-hybridized carbons (Fsp3) is 0.357. The van der Waals surface area contributed by atoms with Gasteiger partial charge in [-0.2, -0.15) is 15.8 Å². The number of nitriles is 3. The molecule has 0 aliphatic heterocycles. The van der Waals surface area contributed by atoms with Crippen LogP contribution in [-0.4, -0.2) is 35.2 Å². The summed E-state index contributed by atoms with van der Waals surface area (Å²) in [6.07, 6.45) is 0.838. The van der Waals surface area contributed by atoms with E-state index in [9.17, 15) is 5.26 Å². The number of nitrogens with two attached hydrogens (primary N) is 1. The summed E-state index contributed by atoms with van der Waals surface area (Å²) < 4.78 is 1.69. The maximum absolute atomic E-state index is 9.27. The maximum Gasteiger partial charge on any atom is 0.179 e. The molecule has 0 radical (unpaired) electrons. The number of anilines is 1. The normalized spacial score (nSPS) is 10.4. The number of fused-ring (bicyclic) bond motifs is 1. The Morgan fingerprint density at radius 2 is 1.73 bits per heavy atom. The van der Waals surface area contributed by atoms with E-state index in [4.69, 9.17) is 16.3 Å². The minimum absolute atomic E-state index is 0.0588. The minimum atomic E-state index is -0.0959. The van der Waals surface area contributed by atoms with E-state index >= 15 is 0 Å². The molecule has 0 aromatic carbocycles. The van der Waals surface area contributed by atoms with E-state index in [1.807, 2.05) is 32.3 Å². The van der Waals surface area contributed by atoms with Gasteiger partial charge in [-0.1, -0.05) is 0 Å². The number of nitrogens with one attached hydrogen (secondary N) is 1. The van der Waals surface area contributed by atoms with Crippen LogP contribution in [0.2, 0.25) is 0 Å². The third kappa shape index (κ3) is 2.54. The zero-order chi connectivity index (χ0) is 16.3. The second kappa shape index (κ2) is 6.09. The predicted octanol–water partition coefficient (Wildman–Crippen LogP) is -0.837. The van der Waals surface area contributed by atoms with Crippen LogP contribution in [0.1, 0.15) is 23.4 Å². The third-order valence-electron chi connectivity index (χ3n) is 3.30. The standard InChI is InChI=1S/C14H14N8/c1-21(2)4-3-5-22-13(18)9(6-15)12-14(22)20-11(8-17)10(7-16)19-12/h3-5,18H2,1-2H3/p+1. The van der Waals surface area contributed by atoms with Crippen LogP contribution in [0, 0.1) is 34.0 Å². The Balaban J connectivity index is 2.62. The molecule has 0 aliphatic carbocycles. The van der Waals surface area contributed by atoms with Crippen LogP contribution < -0.4 is 10.6 Å². The number of aromatic nitrogens is 3. The third-order valence-corrected chi connectivity index (χ3v) is 3.30. The van der Waals surface area contributed by atoms with E-state index in [-0.39, 0.29) is 28.3 Å². The highest BCUT2D eigenvalue weighted by Crippen LogP contribution is 2.26. The number of hydrogen-bond donors (Lipinski definition) is 2. The molecule has 0 amide bonds. The van der Waals surface area contributed by atoms with E-state index in [2.05, 4.69) is 9.97 Å². The lowest BCUT2D eigenvalue weighted by molar-refractivity contribution is -0.858. The van der Waals surface area contributed by atoms with Crippen molar-refractivity contribution in [2.75, 3.05) is 26.4 Å². The van der Waals surface area contributed by atoms with Crippen LogP contribution >= 0.6 is 0 Å². The first-order valence-electron chi connectivity index (χ1n) is 6.72. The molecule has 110 valence electrons. The molecule has 2 heterocycles. The predicted molar refractivity (Wildman–Crippen MR) is 78.4 cm³/mol. The summed E-state index contributed by atoms with van der Waals surface area (Å²) in [5.74, 6) is 0.269. The first-order valence-corrected chi connectivity index (χ1v) is 6.72. The fourth-order valence-corrected chi connectivity index (χ4v) is 2.24. The van der Waals surface area contributed by atoms with Crippen LogP contribution in [0.3, 0.4) is 0 Å². The van der Waals surface area contributed by atoms with Crippen molar-refractivity contribution in [1.29, 1.82) is 15.8 Å². The lowest BCUT2D eigenvalue weighted by atomic mass is 10.3. The Morgan fingerprint density at radius 3 is 2.27 bits per heavy atom. The van der Waals surface area contributed by atoms with Crippen LogP contribution in [0.5, 0.6) is 0 Å². The highest BCUT2D eigenvalue weighted by atomic mass is 15.1. The first kappa shape index (κ1) is 15.2. The maximum atomic E-state index is 9.27. The molecular weight excluding hydrogens is 280 g/mol. The van der Waals surface area contributed by atoms with Gasteiger partial charge in [0.1, 0.15) is 35.1 Å². The number of nitrogen functional groups attached to an aromatic ring is 1. The van der Waals surface area contributed by atoms with Crippen LogP contribution in [0.25, 0.3) is 11.2 Å². The van der Waals surface area contributed by atoms with Gasteiger partial charge >= 0.3 is 0 Å². The van der Waals surface area contributed by atoms with Crippen molar-refractivity contribution < 1.29 is 4.90 Å². The molecule has 2 rings (SSSR count). The van der Waals surface area contributed by atoms with Gasteiger partial charge in [-0.3, -0.25) is 0 Å². The molecule has 0 bridgehead atoms. The molecule has 0 saturated heterocycles. The van der Waals surface area contributed by atoms with Gasteiger partial charge < -0.3 is 15.2 Å².